The summed E-state index contributed by atoms with van der Waals surface area (Å²) in [7, 11) is 0. The Morgan fingerprint density at radius 2 is 1.84 bits per heavy atom. The summed E-state index contributed by atoms with van der Waals surface area (Å²) < 4.78 is 0. The SMILES string of the molecule is CCC(C)(C)c1ccc(C(O)C2CCCC2C)cc1. The Kier molecular flexibility index (Phi) is 4.35. The van der Waals surface area contributed by atoms with Gasteiger partial charge in [0.2, 0.25) is 0 Å². The zero-order chi connectivity index (χ0) is 14.0. The minimum Gasteiger partial charge on any atom is -0.388 e. The molecule has 0 aliphatic heterocycles. The minimum atomic E-state index is -0.281. The molecule has 0 spiro atoms. The second-order valence-corrected chi connectivity index (χ2v) is 6.88. The largest absolute Gasteiger partial charge is 0.388 e. The van der Waals surface area contributed by atoms with E-state index in [4.69, 9.17) is 0 Å². The summed E-state index contributed by atoms with van der Waals surface area (Å²) in [5.41, 5.74) is 2.68. The zero-order valence-electron chi connectivity index (χ0n) is 12.8. The van der Waals surface area contributed by atoms with Crippen molar-refractivity contribution >= 4 is 0 Å². The molecule has 1 aromatic carbocycles. The minimum absolute atomic E-state index is 0.226. The second-order valence-electron chi connectivity index (χ2n) is 6.88. The molecule has 1 aromatic rings. The topological polar surface area (TPSA) is 20.2 Å². The van der Waals surface area contributed by atoms with E-state index in [1.54, 1.807) is 0 Å². The summed E-state index contributed by atoms with van der Waals surface area (Å²) in [5, 5.41) is 10.5. The fourth-order valence-electron chi connectivity index (χ4n) is 3.23. The number of aliphatic hydroxyl groups excluding tert-OH is 1. The summed E-state index contributed by atoms with van der Waals surface area (Å²) in [5.74, 6) is 1.10. The first kappa shape index (κ1) is 14.6. The molecule has 1 fully saturated rings. The molecule has 1 nitrogen and oxygen atoms in total. The van der Waals surface area contributed by atoms with Crippen LogP contribution >= 0.6 is 0 Å². The average Bonchev–Trinajstić information content (AvgIpc) is 2.84. The Morgan fingerprint density at radius 3 is 2.32 bits per heavy atom. The van der Waals surface area contributed by atoms with Gasteiger partial charge in [-0.1, -0.05) is 64.8 Å². The molecule has 1 aliphatic rings. The van der Waals surface area contributed by atoms with E-state index in [9.17, 15) is 5.11 Å². The molecule has 1 aliphatic carbocycles. The van der Waals surface area contributed by atoms with Gasteiger partial charge in [-0.25, -0.2) is 0 Å². The van der Waals surface area contributed by atoms with E-state index >= 15 is 0 Å². The summed E-state index contributed by atoms with van der Waals surface area (Å²) in [6, 6.07) is 8.65. The Bertz CT molecular complexity index is 404. The van der Waals surface area contributed by atoms with E-state index in [2.05, 4.69) is 52.0 Å². The first-order chi connectivity index (χ1) is 8.95. The van der Waals surface area contributed by atoms with Crippen LogP contribution in [0.15, 0.2) is 24.3 Å². The highest BCUT2D eigenvalue weighted by atomic mass is 16.3. The van der Waals surface area contributed by atoms with Crippen molar-refractivity contribution in [3.8, 4) is 0 Å². The lowest BCUT2D eigenvalue weighted by atomic mass is 9.81. The maximum atomic E-state index is 10.5. The highest BCUT2D eigenvalue weighted by molar-refractivity contribution is 5.29. The van der Waals surface area contributed by atoms with E-state index in [0.717, 1.165) is 12.0 Å². The third kappa shape index (κ3) is 3.02. The van der Waals surface area contributed by atoms with Crippen LogP contribution in [0.1, 0.15) is 70.6 Å². The molecule has 3 atom stereocenters. The summed E-state index contributed by atoms with van der Waals surface area (Å²) >= 11 is 0. The Morgan fingerprint density at radius 1 is 1.21 bits per heavy atom. The zero-order valence-corrected chi connectivity index (χ0v) is 12.8. The van der Waals surface area contributed by atoms with Crippen molar-refractivity contribution < 1.29 is 5.11 Å². The third-order valence-corrected chi connectivity index (χ3v) is 5.25. The van der Waals surface area contributed by atoms with E-state index in [1.165, 1.54) is 24.8 Å². The molecule has 1 heteroatoms. The van der Waals surface area contributed by atoms with Gasteiger partial charge in [0.05, 0.1) is 6.10 Å². The monoisotopic (exact) mass is 260 g/mol. The average molecular weight is 260 g/mol. The van der Waals surface area contributed by atoms with Crippen LogP contribution in [0.3, 0.4) is 0 Å². The van der Waals surface area contributed by atoms with Crippen LogP contribution in [0.4, 0.5) is 0 Å². The fourth-order valence-corrected chi connectivity index (χ4v) is 3.23. The van der Waals surface area contributed by atoms with Gasteiger partial charge >= 0.3 is 0 Å². The molecule has 0 aromatic heterocycles. The molecule has 1 saturated carbocycles. The van der Waals surface area contributed by atoms with Gasteiger partial charge in [0.15, 0.2) is 0 Å². The lowest BCUT2D eigenvalue weighted by Crippen LogP contribution is -2.17. The van der Waals surface area contributed by atoms with Crippen LogP contribution in [0.25, 0.3) is 0 Å². The molecule has 0 bridgehead atoms. The van der Waals surface area contributed by atoms with Gasteiger partial charge in [-0.2, -0.15) is 0 Å². The summed E-state index contributed by atoms with van der Waals surface area (Å²) in [6.45, 7) is 9.05. The lowest BCUT2D eigenvalue weighted by Gasteiger charge is -2.26. The number of benzene rings is 1. The van der Waals surface area contributed by atoms with Crippen molar-refractivity contribution in [2.45, 2.75) is 64.9 Å². The number of hydrogen-bond donors (Lipinski definition) is 1. The standard InChI is InChI=1S/C18H28O/c1-5-18(3,4)15-11-9-14(10-12-15)17(19)16-8-6-7-13(16)2/h9-13,16-17,19H,5-8H2,1-4H3. The summed E-state index contributed by atoms with van der Waals surface area (Å²) in [6.07, 6.45) is 4.56. The van der Waals surface area contributed by atoms with E-state index < -0.39 is 0 Å². The number of rotatable bonds is 4. The second kappa shape index (κ2) is 5.66. The lowest BCUT2D eigenvalue weighted by molar-refractivity contribution is 0.0900. The van der Waals surface area contributed by atoms with Gasteiger partial charge in [0, 0.05) is 0 Å². The van der Waals surface area contributed by atoms with Gasteiger partial charge in [0.25, 0.3) is 0 Å². The molecule has 0 amide bonds. The molecule has 106 valence electrons. The van der Waals surface area contributed by atoms with Crippen LogP contribution in [-0.4, -0.2) is 5.11 Å². The van der Waals surface area contributed by atoms with Gasteiger partial charge in [-0.15, -0.1) is 0 Å². The van der Waals surface area contributed by atoms with Gasteiger partial charge in [-0.05, 0) is 41.2 Å². The molecule has 2 rings (SSSR count). The normalized spacial score (nSPS) is 25.5. The number of hydrogen-bond acceptors (Lipinski definition) is 1. The van der Waals surface area contributed by atoms with Crippen molar-refractivity contribution in [2.24, 2.45) is 11.8 Å². The highest BCUT2D eigenvalue weighted by Crippen LogP contribution is 2.40. The first-order valence-electron chi connectivity index (χ1n) is 7.74. The predicted molar refractivity (Wildman–Crippen MR) is 81.2 cm³/mol. The van der Waals surface area contributed by atoms with Crippen molar-refractivity contribution in [1.82, 2.24) is 0 Å². The molecular weight excluding hydrogens is 232 g/mol. The Hall–Kier alpha value is -0.820. The quantitative estimate of drug-likeness (QED) is 0.821. The van der Waals surface area contributed by atoms with Crippen LogP contribution in [-0.2, 0) is 5.41 Å². The smallest absolute Gasteiger partial charge is 0.0820 e. The van der Waals surface area contributed by atoms with Gasteiger partial charge in [0.1, 0.15) is 0 Å². The molecule has 19 heavy (non-hydrogen) atoms. The molecule has 3 unspecified atom stereocenters. The predicted octanol–water partition coefficient (Wildman–Crippen LogP) is 4.84. The summed E-state index contributed by atoms with van der Waals surface area (Å²) in [4.78, 5) is 0. The number of aliphatic hydroxyl groups is 1. The van der Waals surface area contributed by atoms with Crippen LogP contribution in [0.5, 0.6) is 0 Å². The van der Waals surface area contributed by atoms with Crippen LogP contribution in [0.2, 0.25) is 0 Å². The van der Waals surface area contributed by atoms with Crippen molar-refractivity contribution in [2.75, 3.05) is 0 Å². The molecule has 0 radical (unpaired) electrons. The van der Waals surface area contributed by atoms with Crippen molar-refractivity contribution in [3.05, 3.63) is 35.4 Å². The van der Waals surface area contributed by atoms with Crippen molar-refractivity contribution in [3.63, 3.8) is 0 Å². The molecule has 1 N–H and O–H groups in total. The molecular formula is C18H28O. The highest BCUT2D eigenvalue weighted by Gasteiger charge is 2.30. The van der Waals surface area contributed by atoms with E-state index in [1.807, 2.05) is 0 Å². The fraction of sp³-hybridized carbons (Fsp3) is 0.667. The Balaban J connectivity index is 2.14. The van der Waals surface area contributed by atoms with Crippen molar-refractivity contribution in [1.29, 1.82) is 0 Å². The third-order valence-electron chi connectivity index (χ3n) is 5.25. The van der Waals surface area contributed by atoms with E-state index in [0.29, 0.717) is 11.8 Å². The van der Waals surface area contributed by atoms with Crippen LogP contribution < -0.4 is 0 Å². The van der Waals surface area contributed by atoms with Gasteiger partial charge < -0.3 is 5.11 Å². The van der Waals surface area contributed by atoms with Crippen LogP contribution in [0, 0.1) is 11.8 Å². The van der Waals surface area contributed by atoms with E-state index in [-0.39, 0.29) is 11.5 Å². The maximum Gasteiger partial charge on any atom is 0.0820 e. The Labute approximate surface area is 118 Å². The first-order valence-corrected chi connectivity index (χ1v) is 7.74. The molecule has 0 heterocycles. The maximum absolute atomic E-state index is 10.5. The molecule has 0 saturated heterocycles. The van der Waals surface area contributed by atoms with Gasteiger partial charge in [-0.3, -0.25) is 0 Å².